The number of rotatable bonds is 13. The van der Waals surface area contributed by atoms with Gasteiger partial charge in [0.2, 0.25) is 0 Å². The maximum absolute atomic E-state index is 13.3. The summed E-state index contributed by atoms with van der Waals surface area (Å²) in [6.07, 6.45) is -5.03. The van der Waals surface area contributed by atoms with E-state index in [9.17, 15) is 30.0 Å². The standard InChI is InChI=1S/C51H78O17/c1-26-41(53)45(60-10)42(54)47(63-26)68-44-28(3)62-40(25-37(44)59-9)67-43-27(2)61-39(24-36(43)58-8)66-33-18-19-48(6)32(22-33)16-17-34-35(48)23-38(65-30(5)52)49(7)50(56,20-21-51(34,49)57)29(4)64-46(55)31-14-12-11-13-15-31/h11-15,26-29,32-45,47,53-54,56-57H,16-25H2,1-10H3/t26-,27-,28-,29?,32+,33+,34-,35+,36+,37-,38-,39+,40+,41-,42-,43+,44+,45-,47+,48+,49-,50-,51+/m1/s1. The molecule has 1 aromatic carbocycles. The highest BCUT2D eigenvalue weighted by atomic mass is 16.8. The van der Waals surface area contributed by atoms with Crippen LogP contribution in [0, 0.1) is 28.6 Å². The zero-order chi connectivity index (χ0) is 49.1. The van der Waals surface area contributed by atoms with Gasteiger partial charge < -0.3 is 72.5 Å². The highest BCUT2D eigenvalue weighted by Gasteiger charge is 2.77. The van der Waals surface area contributed by atoms with Gasteiger partial charge in [0, 0.05) is 41.1 Å². The van der Waals surface area contributed by atoms with E-state index in [1.54, 1.807) is 52.3 Å². The number of methoxy groups -OCH3 is 3. The van der Waals surface area contributed by atoms with Crippen LogP contribution in [0.15, 0.2) is 30.3 Å². The number of benzene rings is 1. The lowest BCUT2D eigenvalue weighted by molar-refractivity contribution is -0.352. The zero-order valence-corrected chi connectivity index (χ0v) is 41.5. The predicted octanol–water partition coefficient (Wildman–Crippen LogP) is 4.60. The van der Waals surface area contributed by atoms with E-state index in [-0.39, 0.29) is 48.2 Å². The summed E-state index contributed by atoms with van der Waals surface area (Å²) in [6.45, 7) is 12.7. The van der Waals surface area contributed by atoms with Crippen molar-refractivity contribution < 1.29 is 82.1 Å². The number of hydrogen-bond donors (Lipinski definition) is 4. The molecule has 3 heterocycles. The molecule has 17 heteroatoms. The molecule has 3 saturated heterocycles. The van der Waals surface area contributed by atoms with E-state index in [1.165, 1.54) is 14.0 Å². The fourth-order valence-corrected chi connectivity index (χ4v) is 14.2. The third kappa shape index (κ3) is 9.10. The van der Waals surface area contributed by atoms with Gasteiger partial charge in [0.25, 0.3) is 0 Å². The van der Waals surface area contributed by atoms with Crippen LogP contribution in [0.2, 0.25) is 0 Å². The van der Waals surface area contributed by atoms with Crippen molar-refractivity contribution in [1.82, 2.24) is 0 Å². The number of aliphatic hydroxyl groups excluding tert-OH is 2. The van der Waals surface area contributed by atoms with Gasteiger partial charge in [-0.15, -0.1) is 0 Å². The molecular formula is C51H78O17. The van der Waals surface area contributed by atoms with Crippen LogP contribution < -0.4 is 0 Å². The third-order valence-corrected chi connectivity index (χ3v) is 18.2. The van der Waals surface area contributed by atoms with Crippen LogP contribution in [0.4, 0.5) is 0 Å². The Morgan fingerprint density at radius 3 is 1.96 bits per heavy atom. The lowest BCUT2D eigenvalue weighted by Crippen LogP contribution is -2.72. The van der Waals surface area contributed by atoms with Crippen molar-refractivity contribution in [3.63, 3.8) is 0 Å². The second-order valence-corrected chi connectivity index (χ2v) is 21.5. The summed E-state index contributed by atoms with van der Waals surface area (Å²) in [6, 6.07) is 8.64. The summed E-state index contributed by atoms with van der Waals surface area (Å²) in [5, 5.41) is 47.2. The number of carbonyl (C=O) groups is 2. The van der Waals surface area contributed by atoms with Crippen molar-refractivity contribution in [2.75, 3.05) is 21.3 Å². The van der Waals surface area contributed by atoms with Crippen LogP contribution in [0.1, 0.15) is 123 Å². The lowest BCUT2D eigenvalue weighted by atomic mass is 9.42. The van der Waals surface area contributed by atoms with E-state index in [0.717, 1.165) is 32.1 Å². The minimum atomic E-state index is -1.66. The van der Waals surface area contributed by atoms with E-state index >= 15 is 0 Å². The Labute approximate surface area is 401 Å². The molecule has 7 aliphatic rings. The van der Waals surface area contributed by atoms with Crippen LogP contribution in [-0.2, 0) is 56.9 Å². The van der Waals surface area contributed by atoms with Gasteiger partial charge in [-0.05, 0) is 114 Å². The van der Waals surface area contributed by atoms with Crippen LogP contribution >= 0.6 is 0 Å². The van der Waals surface area contributed by atoms with Crippen LogP contribution in [0.3, 0.4) is 0 Å². The van der Waals surface area contributed by atoms with Crippen LogP contribution in [0.5, 0.6) is 0 Å². The molecule has 1 unspecified atom stereocenters. The Balaban J connectivity index is 0.889. The van der Waals surface area contributed by atoms with Gasteiger partial charge in [0.1, 0.15) is 48.3 Å². The van der Waals surface area contributed by atoms with Crippen molar-refractivity contribution >= 4 is 11.9 Å². The summed E-state index contributed by atoms with van der Waals surface area (Å²) < 4.78 is 67.7. The number of aliphatic hydroxyl groups is 4. The largest absolute Gasteiger partial charge is 0.462 e. The maximum Gasteiger partial charge on any atom is 0.338 e. The molecule has 384 valence electrons. The molecule has 4 aliphatic carbocycles. The van der Waals surface area contributed by atoms with Crippen molar-refractivity contribution in [2.45, 2.75) is 222 Å². The Bertz CT molecular complexity index is 1890. The summed E-state index contributed by atoms with van der Waals surface area (Å²) in [7, 11) is 4.66. The Kier molecular flexibility index (Phi) is 15.5. The number of ether oxygens (including phenoxy) is 11. The quantitative estimate of drug-likeness (QED) is 0.157. The number of esters is 2. The van der Waals surface area contributed by atoms with Gasteiger partial charge in [-0.3, -0.25) is 4.79 Å². The molecule has 0 aromatic heterocycles. The van der Waals surface area contributed by atoms with Gasteiger partial charge >= 0.3 is 11.9 Å². The number of fused-ring (bicyclic) bond motifs is 5. The minimum Gasteiger partial charge on any atom is -0.462 e. The molecule has 0 amide bonds. The second kappa shape index (κ2) is 20.3. The molecule has 1 aromatic rings. The fourth-order valence-electron chi connectivity index (χ4n) is 14.2. The van der Waals surface area contributed by atoms with Gasteiger partial charge in [0.05, 0.1) is 53.2 Å². The molecule has 8 rings (SSSR count). The molecule has 0 bridgehead atoms. The molecule has 0 radical (unpaired) electrons. The topological polar surface area (TPSA) is 217 Å². The summed E-state index contributed by atoms with van der Waals surface area (Å²) in [5.41, 5.74) is -4.18. The first-order valence-electron chi connectivity index (χ1n) is 25.0. The van der Waals surface area contributed by atoms with Crippen molar-refractivity contribution in [3.8, 4) is 0 Å². The summed E-state index contributed by atoms with van der Waals surface area (Å²) in [4.78, 5) is 26.1. The van der Waals surface area contributed by atoms with Crippen LogP contribution in [0.25, 0.3) is 0 Å². The van der Waals surface area contributed by atoms with Gasteiger partial charge in [-0.25, -0.2) is 4.79 Å². The van der Waals surface area contributed by atoms with Crippen molar-refractivity contribution in [1.29, 1.82) is 0 Å². The Hall–Kier alpha value is -2.36. The molecule has 0 spiro atoms. The number of hydrogen-bond acceptors (Lipinski definition) is 17. The van der Waals surface area contributed by atoms with Crippen molar-refractivity contribution in [2.24, 2.45) is 28.6 Å². The zero-order valence-electron chi connectivity index (χ0n) is 41.5. The molecule has 4 saturated carbocycles. The number of carbonyl (C=O) groups excluding carboxylic acids is 2. The lowest BCUT2D eigenvalue weighted by Gasteiger charge is -2.66. The fraction of sp³-hybridized carbons (Fsp3) is 0.843. The highest BCUT2D eigenvalue weighted by molar-refractivity contribution is 5.89. The SMILES string of the molecule is CO[C@H]1[C@@H](O)[C@H](O[C@H]2[C@@H](C)O[C@@H](O[C@@H]3[C@@H](OC)C[C@H](O[C@H]4CC[C@@]5(C)[C@@H](CC[C@@H]6[C@@H]5C[C@@H](OC(C)=O)[C@]5(C)[C@](O)(C(C)OC(=O)c7ccccc7)CC[C@]65O)C4)O[C@@H]3C)C[C@H]2OC)O[C@H](C)[C@H]1O. The first-order chi connectivity index (χ1) is 32.2. The molecule has 4 N–H and O–H groups in total. The predicted molar refractivity (Wildman–Crippen MR) is 242 cm³/mol. The van der Waals surface area contributed by atoms with Gasteiger partial charge in [0.15, 0.2) is 18.9 Å². The van der Waals surface area contributed by atoms with E-state index in [4.69, 9.17) is 52.1 Å². The summed E-state index contributed by atoms with van der Waals surface area (Å²) in [5.74, 6) is -0.934. The van der Waals surface area contributed by atoms with E-state index in [1.807, 2.05) is 26.8 Å². The Morgan fingerprint density at radius 1 is 0.706 bits per heavy atom. The second-order valence-electron chi connectivity index (χ2n) is 21.5. The van der Waals surface area contributed by atoms with Crippen LogP contribution in [-0.4, -0.2) is 163 Å². The average Bonchev–Trinajstić information content (AvgIpc) is 3.53. The van der Waals surface area contributed by atoms with E-state index in [0.29, 0.717) is 24.8 Å². The normalized spacial score (nSPS) is 48.6. The minimum absolute atomic E-state index is 0.00748. The van der Waals surface area contributed by atoms with Gasteiger partial charge in [-0.1, -0.05) is 32.0 Å². The Morgan fingerprint density at radius 2 is 1.34 bits per heavy atom. The van der Waals surface area contributed by atoms with Crippen molar-refractivity contribution in [3.05, 3.63) is 35.9 Å². The average molecular weight is 963 g/mol. The van der Waals surface area contributed by atoms with E-state index in [2.05, 4.69) is 6.92 Å². The van der Waals surface area contributed by atoms with E-state index < -0.39 is 115 Å². The molecule has 17 nitrogen and oxygen atoms in total. The smallest absolute Gasteiger partial charge is 0.338 e. The first-order valence-corrected chi connectivity index (χ1v) is 25.0. The molecule has 7 fully saturated rings. The monoisotopic (exact) mass is 963 g/mol. The first kappa shape index (κ1) is 52.0. The highest BCUT2D eigenvalue weighted by Crippen LogP contribution is 2.71. The molecule has 23 atom stereocenters. The molecule has 68 heavy (non-hydrogen) atoms. The summed E-state index contributed by atoms with van der Waals surface area (Å²) >= 11 is 0. The molecule has 3 aliphatic heterocycles. The van der Waals surface area contributed by atoms with Gasteiger partial charge in [-0.2, -0.15) is 0 Å². The third-order valence-electron chi connectivity index (χ3n) is 18.2. The maximum atomic E-state index is 13.3. The molecular weight excluding hydrogens is 885 g/mol.